The fourth-order valence-electron chi connectivity index (χ4n) is 1.78. The summed E-state index contributed by atoms with van der Waals surface area (Å²) < 4.78 is 0. The lowest BCUT2D eigenvalue weighted by Crippen LogP contribution is -2.36. The SMILES string of the molecule is C#CCN(CC(=O)O)C(=O)CCC(CC)CCN. The fourth-order valence-corrected chi connectivity index (χ4v) is 1.78. The minimum absolute atomic E-state index is 0.0405. The van der Waals surface area contributed by atoms with E-state index in [1.807, 2.05) is 0 Å². The van der Waals surface area contributed by atoms with E-state index in [2.05, 4.69) is 12.8 Å². The maximum atomic E-state index is 11.8. The Hall–Kier alpha value is -1.54. The van der Waals surface area contributed by atoms with Crippen LogP contribution in [-0.4, -0.2) is 41.5 Å². The number of amides is 1. The molecule has 0 saturated heterocycles. The molecule has 1 amide bonds. The largest absolute Gasteiger partial charge is 0.480 e. The van der Waals surface area contributed by atoms with Gasteiger partial charge in [-0.15, -0.1) is 6.42 Å². The van der Waals surface area contributed by atoms with Gasteiger partial charge in [-0.2, -0.15) is 0 Å². The highest BCUT2D eigenvalue weighted by molar-refractivity contribution is 5.81. The molecule has 0 spiro atoms. The summed E-state index contributed by atoms with van der Waals surface area (Å²) in [6.45, 7) is 2.37. The number of carbonyl (C=O) groups is 2. The molecule has 0 aliphatic heterocycles. The average molecular weight is 254 g/mol. The molecule has 0 aliphatic carbocycles. The number of hydrogen-bond acceptors (Lipinski definition) is 3. The highest BCUT2D eigenvalue weighted by atomic mass is 16.4. The summed E-state index contributed by atoms with van der Waals surface area (Å²) in [5.41, 5.74) is 5.49. The molecule has 5 nitrogen and oxygen atoms in total. The van der Waals surface area contributed by atoms with Gasteiger partial charge in [-0.05, 0) is 25.3 Å². The summed E-state index contributed by atoms with van der Waals surface area (Å²) in [6.07, 6.45) is 8.03. The molecular weight excluding hydrogens is 232 g/mol. The minimum atomic E-state index is -1.05. The molecule has 3 N–H and O–H groups in total. The Morgan fingerprint density at radius 3 is 2.56 bits per heavy atom. The standard InChI is InChI=1S/C13H22N2O3/c1-3-9-15(10-13(17)18)12(16)6-5-11(4-2)7-8-14/h1,11H,4-10,14H2,2H3,(H,17,18). The molecular formula is C13H22N2O3. The molecule has 0 aromatic heterocycles. The van der Waals surface area contributed by atoms with Crippen molar-refractivity contribution in [2.45, 2.75) is 32.6 Å². The number of carboxylic acid groups (broad SMARTS) is 1. The zero-order chi connectivity index (χ0) is 14.0. The van der Waals surface area contributed by atoms with Crippen LogP contribution >= 0.6 is 0 Å². The van der Waals surface area contributed by atoms with Crippen molar-refractivity contribution in [1.82, 2.24) is 4.90 Å². The topological polar surface area (TPSA) is 83.6 Å². The van der Waals surface area contributed by atoms with Crippen LogP contribution < -0.4 is 5.73 Å². The van der Waals surface area contributed by atoms with Gasteiger partial charge in [-0.3, -0.25) is 9.59 Å². The molecule has 5 heteroatoms. The van der Waals surface area contributed by atoms with Crippen molar-refractivity contribution < 1.29 is 14.7 Å². The number of carboxylic acids is 1. The summed E-state index contributed by atoms with van der Waals surface area (Å²) >= 11 is 0. The lowest BCUT2D eigenvalue weighted by molar-refractivity contribution is -0.144. The highest BCUT2D eigenvalue weighted by Gasteiger charge is 2.17. The Kier molecular flexibility index (Phi) is 8.67. The second-order valence-electron chi connectivity index (χ2n) is 4.24. The molecule has 18 heavy (non-hydrogen) atoms. The Morgan fingerprint density at radius 1 is 1.44 bits per heavy atom. The molecule has 1 unspecified atom stereocenters. The second kappa shape index (κ2) is 9.49. The molecule has 0 heterocycles. The van der Waals surface area contributed by atoms with E-state index >= 15 is 0 Å². The van der Waals surface area contributed by atoms with E-state index in [0.717, 1.165) is 19.3 Å². The number of hydrogen-bond donors (Lipinski definition) is 2. The van der Waals surface area contributed by atoms with Gasteiger partial charge >= 0.3 is 5.97 Å². The molecule has 0 aromatic rings. The third-order valence-electron chi connectivity index (χ3n) is 2.88. The zero-order valence-corrected chi connectivity index (χ0v) is 10.9. The van der Waals surface area contributed by atoms with Crippen LogP contribution in [0.2, 0.25) is 0 Å². The number of aliphatic carboxylic acids is 1. The van der Waals surface area contributed by atoms with Crippen molar-refractivity contribution in [2.24, 2.45) is 11.7 Å². The molecule has 0 bridgehead atoms. The van der Waals surface area contributed by atoms with Gasteiger partial charge in [0.05, 0.1) is 6.54 Å². The van der Waals surface area contributed by atoms with Crippen LogP contribution in [0.4, 0.5) is 0 Å². The quantitative estimate of drug-likeness (QED) is 0.593. The third-order valence-corrected chi connectivity index (χ3v) is 2.88. The van der Waals surface area contributed by atoms with Crippen LogP contribution in [-0.2, 0) is 9.59 Å². The number of terminal acetylenes is 1. The Balaban J connectivity index is 4.24. The van der Waals surface area contributed by atoms with Crippen LogP contribution in [0.5, 0.6) is 0 Å². The monoisotopic (exact) mass is 254 g/mol. The van der Waals surface area contributed by atoms with Gasteiger partial charge in [0.25, 0.3) is 0 Å². The first-order chi connectivity index (χ1) is 8.54. The summed E-state index contributed by atoms with van der Waals surface area (Å²) in [6, 6.07) is 0. The van der Waals surface area contributed by atoms with E-state index in [0.29, 0.717) is 18.9 Å². The van der Waals surface area contributed by atoms with Gasteiger partial charge in [0.2, 0.25) is 5.91 Å². The lowest BCUT2D eigenvalue weighted by Gasteiger charge is -2.19. The predicted molar refractivity (Wildman–Crippen MR) is 69.7 cm³/mol. The van der Waals surface area contributed by atoms with Gasteiger partial charge < -0.3 is 15.7 Å². The molecule has 0 aliphatic rings. The summed E-state index contributed by atoms with van der Waals surface area (Å²) in [7, 11) is 0. The zero-order valence-electron chi connectivity index (χ0n) is 10.9. The normalized spacial score (nSPS) is 11.6. The number of nitrogens with zero attached hydrogens (tertiary/aromatic N) is 1. The molecule has 0 aromatic carbocycles. The van der Waals surface area contributed by atoms with Crippen LogP contribution in [0.3, 0.4) is 0 Å². The van der Waals surface area contributed by atoms with E-state index in [-0.39, 0.29) is 19.0 Å². The van der Waals surface area contributed by atoms with Crippen molar-refractivity contribution in [3.8, 4) is 12.3 Å². The Morgan fingerprint density at radius 2 is 2.11 bits per heavy atom. The fraction of sp³-hybridized carbons (Fsp3) is 0.692. The van der Waals surface area contributed by atoms with Crippen LogP contribution in [0, 0.1) is 18.3 Å². The summed E-state index contributed by atoms with van der Waals surface area (Å²) in [4.78, 5) is 23.6. The van der Waals surface area contributed by atoms with E-state index in [1.54, 1.807) is 0 Å². The van der Waals surface area contributed by atoms with Crippen molar-refractivity contribution in [2.75, 3.05) is 19.6 Å². The highest BCUT2D eigenvalue weighted by Crippen LogP contribution is 2.15. The number of rotatable bonds is 9. The first-order valence-electron chi connectivity index (χ1n) is 6.18. The van der Waals surface area contributed by atoms with Gasteiger partial charge in [-0.1, -0.05) is 19.3 Å². The third kappa shape index (κ3) is 6.92. The number of nitrogens with two attached hydrogens (primary N) is 1. The van der Waals surface area contributed by atoms with Crippen LogP contribution in [0.1, 0.15) is 32.6 Å². The smallest absolute Gasteiger partial charge is 0.323 e. The predicted octanol–water partition coefficient (Wildman–Crippen LogP) is 0.688. The lowest BCUT2D eigenvalue weighted by atomic mass is 9.96. The van der Waals surface area contributed by atoms with E-state index in [9.17, 15) is 9.59 Å². The Labute approximate surface area is 108 Å². The molecule has 0 fully saturated rings. The van der Waals surface area contributed by atoms with Crippen LogP contribution in [0.25, 0.3) is 0 Å². The molecule has 1 atom stereocenters. The van der Waals surface area contributed by atoms with Crippen LogP contribution in [0.15, 0.2) is 0 Å². The molecule has 0 rings (SSSR count). The van der Waals surface area contributed by atoms with Crippen molar-refractivity contribution in [3.05, 3.63) is 0 Å². The van der Waals surface area contributed by atoms with E-state index in [4.69, 9.17) is 17.3 Å². The maximum absolute atomic E-state index is 11.8. The molecule has 102 valence electrons. The maximum Gasteiger partial charge on any atom is 0.323 e. The van der Waals surface area contributed by atoms with Gasteiger partial charge in [-0.25, -0.2) is 0 Å². The van der Waals surface area contributed by atoms with E-state index < -0.39 is 5.97 Å². The second-order valence-corrected chi connectivity index (χ2v) is 4.24. The van der Waals surface area contributed by atoms with E-state index in [1.165, 1.54) is 4.90 Å². The first kappa shape index (κ1) is 16.5. The average Bonchev–Trinajstić information content (AvgIpc) is 2.33. The van der Waals surface area contributed by atoms with Gasteiger partial charge in [0.15, 0.2) is 0 Å². The minimum Gasteiger partial charge on any atom is -0.480 e. The number of carbonyl (C=O) groups excluding carboxylic acids is 1. The van der Waals surface area contributed by atoms with Gasteiger partial charge in [0, 0.05) is 6.42 Å². The van der Waals surface area contributed by atoms with Crippen molar-refractivity contribution >= 4 is 11.9 Å². The summed E-state index contributed by atoms with van der Waals surface area (Å²) in [5.74, 6) is 1.46. The Bertz CT molecular complexity index is 310. The van der Waals surface area contributed by atoms with Crippen molar-refractivity contribution in [1.29, 1.82) is 0 Å². The van der Waals surface area contributed by atoms with Gasteiger partial charge in [0.1, 0.15) is 6.54 Å². The molecule has 0 saturated carbocycles. The summed E-state index contributed by atoms with van der Waals surface area (Å²) in [5, 5.41) is 8.69. The van der Waals surface area contributed by atoms with Crippen molar-refractivity contribution in [3.63, 3.8) is 0 Å². The first-order valence-corrected chi connectivity index (χ1v) is 6.18. The molecule has 0 radical (unpaired) electrons.